The van der Waals surface area contributed by atoms with E-state index in [2.05, 4.69) is 16.7 Å². The number of rotatable bonds is 5. The number of carboxylic acids is 1. The van der Waals surface area contributed by atoms with E-state index in [1.54, 1.807) is 12.1 Å². The summed E-state index contributed by atoms with van der Waals surface area (Å²) < 4.78 is 0. The minimum atomic E-state index is -0.962. The van der Waals surface area contributed by atoms with Crippen LogP contribution in [-0.2, 0) is 6.54 Å². The van der Waals surface area contributed by atoms with Crippen molar-refractivity contribution in [3.63, 3.8) is 0 Å². The van der Waals surface area contributed by atoms with Gasteiger partial charge in [0, 0.05) is 17.6 Å². The van der Waals surface area contributed by atoms with E-state index in [-0.39, 0.29) is 17.6 Å². The average Bonchev–Trinajstić information content (AvgIpc) is 2.56. The Morgan fingerprint density at radius 3 is 2.48 bits per heavy atom. The largest absolute Gasteiger partial charge is 0.478 e. The Morgan fingerprint density at radius 1 is 1.12 bits per heavy atom. The number of benzene rings is 2. The highest BCUT2D eigenvalue weighted by Crippen LogP contribution is 2.37. The molecule has 0 radical (unpaired) electrons. The van der Waals surface area contributed by atoms with Crippen molar-refractivity contribution < 1.29 is 14.7 Å². The molecule has 0 heterocycles. The number of hydrogen-bond acceptors (Lipinski definition) is 2. The van der Waals surface area contributed by atoms with Crippen LogP contribution in [0.3, 0.4) is 0 Å². The zero-order valence-corrected chi connectivity index (χ0v) is 14.3. The summed E-state index contributed by atoms with van der Waals surface area (Å²) in [6.45, 7) is 0.357. The van der Waals surface area contributed by atoms with Crippen molar-refractivity contribution in [1.82, 2.24) is 10.6 Å². The summed E-state index contributed by atoms with van der Waals surface area (Å²) >= 11 is 6.00. The maximum atomic E-state index is 12.0. The van der Waals surface area contributed by atoms with Crippen molar-refractivity contribution in [3.8, 4) is 0 Å². The van der Waals surface area contributed by atoms with Crippen LogP contribution in [-0.4, -0.2) is 23.1 Å². The first-order chi connectivity index (χ1) is 12.0. The van der Waals surface area contributed by atoms with Gasteiger partial charge in [0.25, 0.3) is 0 Å². The Morgan fingerprint density at radius 2 is 1.84 bits per heavy atom. The third kappa shape index (κ3) is 4.51. The summed E-state index contributed by atoms with van der Waals surface area (Å²) in [4.78, 5) is 22.8. The second kappa shape index (κ2) is 7.57. The monoisotopic (exact) mass is 358 g/mol. The highest BCUT2D eigenvalue weighted by atomic mass is 35.5. The minimum Gasteiger partial charge on any atom is -0.478 e. The lowest BCUT2D eigenvalue weighted by atomic mass is 9.76. The molecule has 0 atom stereocenters. The zero-order valence-electron chi connectivity index (χ0n) is 13.5. The van der Waals surface area contributed by atoms with Crippen molar-refractivity contribution in [2.75, 3.05) is 0 Å². The van der Waals surface area contributed by atoms with Gasteiger partial charge in [0.2, 0.25) is 0 Å². The predicted molar refractivity (Wildman–Crippen MR) is 96.0 cm³/mol. The van der Waals surface area contributed by atoms with Gasteiger partial charge >= 0.3 is 12.0 Å². The molecule has 0 aromatic heterocycles. The Balaban J connectivity index is 1.41. The fraction of sp³-hybridized carbons (Fsp3) is 0.263. The fourth-order valence-electron chi connectivity index (χ4n) is 2.95. The van der Waals surface area contributed by atoms with E-state index in [1.807, 2.05) is 18.2 Å². The van der Waals surface area contributed by atoms with Gasteiger partial charge in [-0.25, -0.2) is 9.59 Å². The van der Waals surface area contributed by atoms with E-state index in [4.69, 9.17) is 16.7 Å². The molecule has 1 aliphatic carbocycles. The minimum absolute atomic E-state index is 0.165. The molecule has 3 N–H and O–H groups in total. The molecule has 25 heavy (non-hydrogen) atoms. The first kappa shape index (κ1) is 17.3. The second-order valence-corrected chi connectivity index (χ2v) is 6.69. The van der Waals surface area contributed by atoms with Gasteiger partial charge in [0.15, 0.2) is 0 Å². The van der Waals surface area contributed by atoms with Gasteiger partial charge in [-0.1, -0.05) is 35.9 Å². The molecule has 2 amide bonds. The van der Waals surface area contributed by atoms with Crippen molar-refractivity contribution in [2.24, 2.45) is 0 Å². The maximum absolute atomic E-state index is 12.0. The van der Waals surface area contributed by atoms with Gasteiger partial charge in [0.1, 0.15) is 0 Å². The first-order valence-electron chi connectivity index (χ1n) is 8.13. The van der Waals surface area contributed by atoms with Crippen molar-refractivity contribution in [1.29, 1.82) is 0 Å². The van der Waals surface area contributed by atoms with Crippen LogP contribution in [0.15, 0.2) is 48.5 Å². The highest BCUT2D eigenvalue weighted by Gasteiger charge is 2.31. The Hall–Kier alpha value is -2.53. The Labute approximate surface area is 151 Å². The molecule has 3 rings (SSSR count). The van der Waals surface area contributed by atoms with Crippen LogP contribution in [0.2, 0.25) is 5.02 Å². The van der Waals surface area contributed by atoms with Crippen molar-refractivity contribution in [2.45, 2.75) is 31.3 Å². The summed E-state index contributed by atoms with van der Waals surface area (Å²) in [5, 5.41) is 15.3. The van der Waals surface area contributed by atoms with E-state index in [0.717, 1.165) is 23.4 Å². The summed E-state index contributed by atoms with van der Waals surface area (Å²) in [7, 11) is 0. The van der Waals surface area contributed by atoms with Gasteiger partial charge in [-0.05, 0) is 54.2 Å². The van der Waals surface area contributed by atoms with Crippen molar-refractivity contribution in [3.05, 3.63) is 70.2 Å². The molecule has 1 fully saturated rings. The van der Waals surface area contributed by atoms with E-state index >= 15 is 0 Å². The van der Waals surface area contributed by atoms with Crippen LogP contribution in [0.5, 0.6) is 0 Å². The number of urea groups is 1. The van der Waals surface area contributed by atoms with E-state index in [1.165, 1.54) is 17.7 Å². The molecule has 6 heteroatoms. The summed E-state index contributed by atoms with van der Waals surface area (Å²) in [5.41, 5.74) is 2.30. The lowest BCUT2D eigenvalue weighted by Crippen LogP contribution is -2.47. The zero-order chi connectivity index (χ0) is 17.8. The normalized spacial score (nSPS) is 18.9. The van der Waals surface area contributed by atoms with Crippen LogP contribution in [0.1, 0.15) is 40.2 Å². The summed E-state index contributed by atoms with van der Waals surface area (Å²) in [6, 6.07) is 14.2. The summed E-state index contributed by atoms with van der Waals surface area (Å²) in [6.07, 6.45) is 1.81. The number of carboxylic acid groups (broad SMARTS) is 1. The number of carbonyl (C=O) groups excluding carboxylic acids is 1. The Kier molecular flexibility index (Phi) is 5.24. The van der Waals surface area contributed by atoms with Crippen LogP contribution in [0, 0.1) is 0 Å². The molecule has 1 aliphatic rings. The number of halogens is 1. The quantitative estimate of drug-likeness (QED) is 0.761. The topological polar surface area (TPSA) is 78.4 Å². The number of amides is 2. The standard InChI is InChI=1S/C19H19ClN2O3/c20-16-3-1-2-14(8-16)15-9-17(10-15)22-19(25)21-11-12-4-6-13(7-5-12)18(23)24/h1-8,15,17H,9-11H2,(H,23,24)(H2,21,22,25). The smallest absolute Gasteiger partial charge is 0.335 e. The molecule has 2 aromatic carbocycles. The molecule has 0 unspecified atom stereocenters. The molecular formula is C19H19ClN2O3. The van der Waals surface area contributed by atoms with Gasteiger partial charge in [0.05, 0.1) is 5.56 Å². The molecule has 0 aliphatic heterocycles. The highest BCUT2D eigenvalue weighted by molar-refractivity contribution is 6.30. The van der Waals surface area contributed by atoms with E-state index in [9.17, 15) is 9.59 Å². The number of aromatic carboxylic acids is 1. The average molecular weight is 359 g/mol. The molecule has 0 saturated heterocycles. The van der Waals surface area contributed by atoms with Crippen LogP contribution in [0.25, 0.3) is 0 Å². The molecular weight excluding hydrogens is 340 g/mol. The van der Waals surface area contributed by atoms with Gasteiger partial charge < -0.3 is 15.7 Å². The fourth-order valence-corrected chi connectivity index (χ4v) is 3.15. The first-order valence-corrected chi connectivity index (χ1v) is 8.51. The molecule has 5 nitrogen and oxygen atoms in total. The third-order valence-electron chi connectivity index (χ3n) is 4.45. The molecule has 0 bridgehead atoms. The van der Waals surface area contributed by atoms with Crippen LogP contribution >= 0.6 is 11.6 Å². The van der Waals surface area contributed by atoms with Gasteiger partial charge in [-0.15, -0.1) is 0 Å². The predicted octanol–water partition coefficient (Wildman–Crippen LogP) is 3.78. The second-order valence-electron chi connectivity index (χ2n) is 6.25. The lowest BCUT2D eigenvalue weighted by molar-refractivity contribution is 0.0697. The van der Waals surface area contributed by atoms with Crippen LogP contribution < -0.4 is 10.6 Å². The summed E-state index contributed by atoms with van der Waals surface area (Å²) in [5.74, 6) is -0.524. The molecule has 0 spiro atoms. The number of nitrogens with one attached hydrogen (secondary N) is 2. The molecule has 130 valence electrons. The number of carbonyl (C=O) groups is 2. The van der Waals surface area contributed by atoms with Gasteiger partial charge in [-0.2, -0.15) is 0 Å². The molecule has 2 aromatic rings. The lowest BCUT2D eigenvalue weighted by Gasteiger charge is -2.36. The van der Waals surface area contributed by atoms with E-state index in [0.29, 0.717) is 12.5 Å². The number of hydrogen-bond donors (Lipinski definition) is 3. The van der Waals surface area contributed by atoms with Crippen molar-refractivity contribution >= 4 is 23.6 Å². The van der Waals surface area contributed by atoms with E-state index < -0.39 is 5.97 Å². The van der Waals surface area contributed by atoms with Crippen LogP contribution in [0.4, 0.5) is 4.79 Å². The Bertz CT molecular complexity index is 770. The maximum Gasteiger partial charge on any atom is 0.335 e. The third-order valence-corrected chi connectivity index (χ3v) is 4.68. The SMILES string of the molecule is O=C(NCc1ccc(C(=O)O)cc1)NC1CC(c2cccc(Cl)c2)C1. The van der Waals surface area contributed by atoms with Gasteiger partial charge in [-0.3, -0.25) is 0 Å². The molecule has 1 saturated carbocycles.